The highest BCUT2D eigenvalue weighted by atomic mass is 32.1. The zero-order valence-corrected chi connectivity index (χ0v) is 30.7. The highest BCUT2D eigenvalue weighted by Crippen LogP contribution is 2.37. The minimum atomic E-state index is -1.15. The summed E-state index contributed by atoms with van der Waals surface area (Å²) < 4.78 is 8.48. The number of carbonyl (C=O) groups is 1. The van der Waals surface area contributed by atoms with Crippen LogP contribution in [0.5, 0.6) is 5.88 Å². The smallest absolute Gasteiger partial charge is 0.262 e. The van der Waals surface area contributed by atoms with Crippen molar-refractivity contribution in [2.24, 2.45) is 5.92 Å². The normalized spacial score (nSPS) is 18.7. The van der Waals surface area contributed by atoms with E-state index in [0.717, 1.165) is 52.8 Å². The molecule has 6 heterocycles. The SMILES string of the molecule is COc1ccc(-c2ncc(CN3CC[C@@H](C(=O)N4CCC(O)(Cn5cnc6c(ccn6-c6ccc(C#N)cc6)c5=O)CC4)[C@H](c4ccccc4)C3)s2)cn1. The van der Waals surface area contributed by atoms with Crippen LogP contribution in [0.2, 0.25) is 0 Å². The van der Waals surface area contributed by atoms with E-state index in [1.807, 2.05) is 58.1 Å². The lowest BCUT2D eigenvalue weighted by Crippen LogP contribution is -2.53. The number of ether oxygens (including phenoxy) is 1. The molecule has 12 nitrogen and oxygen atoms in total. The molecule has 0 aliphatic carbocycles. The molecule has 4 aromatic heterocycles. The van der Waals surface area contributed by atoms with E-state index >= 15 is 0 Å². The summed E-state index contributed by atoms with van der Waals surface area (Å²) in [7, 11) is 1.60. The van der Waals surface area contributed by atoms with Crippen LogP contribution in [0.25, 0.3) is 27.3 Å². The first-order valence-electron chi connectivity index (χ1n) is 18.1. The van der Waals surface area contributed by atoms with Gasteiger partial charge in [-0.1, -0.05) is 30.3 Å². The number of nitriles is 1. The number of likely N-dealkylation sites (tertiary alicyclic amines) is 2. The molecule has 0 saturated carbocycles. The van der Waals surface area contributed by atoms with Crippen molar-refractivity contribution in [3.8, 4) is 28.2 Å². The van der Waals surface area contributed by atoms with E-state index in [4.69, 9.17) is 10.00 Å². The molecule has 0 radical (unpaired) electrons. The van der Waals surface area contributed by atoms with Crippen molar-refractivity contribution in [1.82, 2.24) is 33.9 Å². The fraction of sp³-hybridized carbons (Fsp3) is 0.317. The molecule has 2 saturated heterocycles. The van der Waals surface area contributed by atoms with Gasteiger partial charge in [0.15, 0.2) is 5.65 Å². The Hall–Kier alpha value is -5.68. The van der Waals surface area contributed by atoms with Crippen molar-refractivity contribution < 1.29 is 14.6 Å². The number of aromatic nitrogens is 5. The van der Waals surface area contributed by atoms with Crippen LogP contribution in [0.15, 0.2) is 103 Å². The number of hydrogen-bond donors (Lipinski definition) is 1. The molecule has 2 atom stereocenters. The Balaban J connectivity index is 0.921. The lowest BCUT2D eigenvalue weighted by atomic mass is 9.79. The first kappa shape index (κ1) is 35.4. The van der Waals surface area contributed by atoms with Gasteiger partial charge in [-0.25, -0.2) is 15.0 Å². The fourth-order valence-corrected chi connectivity index (χ4v) is 8.73. The summed E-state index contributed by atoms with van der Waals surface area (Å²) >= 11 is 1.65. The average molecular weight is 741 g/mol. The summed E-state index contributed by atoms with van der Waals surface area (Å²) in [6.07, 6.45) is 8.44. The van der Waals surface area contributed by atoms with Gasteiger partial charge in [-0.2, -0.15) is 5.26 Å². The van der Waals surface area contributed by atoms with E-state index in [2.05, 4.69) is 38.1 Å². The number of aliphatic hydroxyl groups is 1. The van der Waals surface area contributed by atoms with E-state index < -0.39 is 5.60 Å². The number of rotatable bonds is 9. The molecule has 2 fully saturated rings. The van der Waals surface area contributed by atoms with E-state index in [9.17, 15) is 14.7 Å². The summed E-state index contributed by atoms with van der Waals surface area (Å²) in [5.74, 6) is 0.547. The number of benzene rings is 2. The quantitative estimate of drug-likeness (QED) is 0.211. The van der Waals surface area contributed by atoms with E-state index in [-0.39, 0.29) is 29.8 Å². The van der Waals surface area contributed by atoms with Crippen molar-refractivity contribution >= 4 is 28.3 Å². The summed E-state index contributed by atoms with van der Waals surface area (Å²) in [6, 6.07) is 25.0. The zero-order chi connectivity index (χ0) is 37.2. The van der Waals surface area contributed by atoms with E-state index in [1.165, 1.54) is 10.9 Å². The Morgan fingerprint density at radius 3 is 2.52 bits per heavy atom. The number of thiazole rings is 1. The number of amides is 1. The topological polar surface area (TPSA) is 142 Å². The van der Waals surface area contributed by atoms with Crippen LogP contribution in [-0.4, -0.2) is 83.8 Å². The predicted octanol–water partition coefficient (Wildman–Crippen LogP) is 5.25. The van der Waals surface area contributed by atoms with Crippen molar-refractivity contribution in [3.05, 3.63) is 124 Å². The fourth-order valence-electron chi connectivity index (χ4n) is 7.78. The van der Waals surface area contributed by atoms with Crippen LogP contribution in [-0.2, 0) is 17.9 Å². The highest BCUT2D eigenvalue weighted by Gasteiger charge is 2.41. The summed E-state index contributed by atoms with van der Waals surface area (Å²) in [4.78, 5) is 46.8. The zero-order valence-electron chi connectivity index (χ0n) is 29.9. The molecule has 2 aromatic carbocycles. The van der Waals surface area contributed by atoms with Crippen molar-refractivity contribution in [2.75, 3.05) is 33.3 Å². The van der Waals surface area contributed by atoms with Gasteiger partial charge in [-0.15, -0.1) is 11.3 Å². The molecule has 13 heteroatoms. The molecule has 8 rings (SSSR count). The standard InChI is InChI=1S/C41H40N8O4S/c1-53-36-12-9-30(22-43-36)38-44-23-32(54-38)24-46-17-13-33(35(25-46)29-5-3-2-4-6-29)39(50)47-19-15-41(52,16-20-47)26-48-27-45-37-34(40(48)51)14-18-49(37)31-10-7-28(21-42)8-11-31/h2-12,14,18,22-23,27,33,35,52H,13,15-17,19-20,24-26H2,1H3/t33-,35+/m1/s1. The van der Waals surface area contributed by atoms with Gasteiger partial charge in [-0.3, -0.25) is 19.1 Å². The Kier molecular flexibility index (Phi) is 9.81. The summed E-state index contributed by atoms with van der Waals surface area (Å²) in [6.45, 7) is 3.22. The maximum Gasteiger partial charge on any atom is 0.262 e. The third-order valence-electron chi connectivity index (χ3n) is 10.8. The highest BCUT2D eigenvalue weighted by molar-refractivity contribution is 7.15. The van der Waals surface area contributed by atoms with Crippen molar-refractivity contribution in [2.45, 2.75) is 43.9 Å². The largest absolute Gasteiger partial charge is 0.481 e. The number of carbonyl (C=O) groups excluding carboxylic acids is 1. The lowest BCUT2D eigenvalue weighted by Gasteiger charge is -2.43. The number of pyridine rings is 1. The number of methoxy groups -OCH3 is 1. The molecule has 1 N–H and O–H groups in total. The van der Waals surface area contributed by atoms with Crippen LogP contribution >= 0.6 is 11.3 Å². The van der Waals surface area contributed by atoms with Crippen LogP contribution in [0.1, 0.15) is 41.2 Å². The molecule has 6 aromatic rings. The van der Waals surface area contributed by atoms with Crippen LogP contribution < -0.4 is 10.3 Å². The third-order valence-corrected chi connectivity index (χ3v) is 11.8. The maximum absolute atomic E-state index is 14.3. The molecule has 274 valence electrons. The second kappa shape index (κ2) is 15.0. The number of piperidine rings is 2. The van der Waals surface area contributed by atoms with Crippen molar-refractivity contribution in [3.63, 3.8) is 0 Å². The first-order valence-corrected chi connectivity index (χ1v) is 18.9. The van der Waals surface area contributed by atoms with Gasteiger partial charge < -0.3 is 19.3 Å². The number of nitrogens with zero attached hydrogens (tertiary/aromatic N) is 8. The van der Waals surface area contributed by atoms with Gasteiger partial charge in [0, 0.05) is 78.8 Å². The second-order valence-electron chi connectivity index (χ2n) is 14.2. The Morgan fingerprint density at radius 2 is 1.80 bits per heavy atom. The van der Waals surface area contributed by atoms with Gasteiger partial charge in [0.1, 0.15) is 11.3 Å². The Labute approximate surface area is 316 Å². The molecule has 2 aliphatic rings. The van der Waals surface area contributed by atoms with Gasteiger partial charge in [0.25, 0.3) is 5.56 Å². The van der Waals surface area contributed by atoms with Crippen LogP contribution in [0.3, 0.4) is 0 Å². The lowest BCUT2D eigenvalue weighted by molar-refractivity contribution is -0.142. The van der Waals surface area contributed by atoms with Gasteiger partial charge in [0.05, 0.1) is 36.3 Å². The molecule has 0 spiro atoms. The van der Waals surface area contributed by atoms with Crippen LogP contribution in [0, 0.1) is 17.2 Å². The van der Waals surface area contributed by atoms with Crippen LogP contribution in [0.4, 0.5) is 0 Å². The maximum atomic E-state index is 14.3. The van der Waals surface area contributed by atoms with Crippen molar-refractivity contribution in [1.29, 1.82) is 5.26 Å². The summed E-state index contributed by atoms with van der Waals surface area (Å²) in [5.41, 5.74) is 2.57. The van der Waals surface area contributed by atoms with Gasteiger partial charge >= 0.3 is 0 Å². The van der Waals surface area contributed by atoms with Gasteiger partial charge in [-0.05, 0) is 67.8 Å². The summed E-state index contributed by atoms with van der Waals surface area (Å²) in [5, 5.41) is 22.2. The van der Waals surface area contributed by atoms with E-state index in [1.54, 1.807) is 49.0 Å². The number of hydrogen-bond acceptors (Lipinski definition) is 10. The Morgan fingerprint density at radius 1 is 1.00 bits per heavy atom. The minimum absolute atomic E-state index is 0.0272. The number of fused-ring (bicyclic) bond motifs is 1. The van der Waals surface area contributed by atoms with E-state index in [0.29, 0.717) is 48.4 Å². The third kappa shape index (κ3) is 7.15. The molecular weight excluding hydrogens is 701 g/mol. The Bertz CT molecular complexity index is 2360. The molecule has 0 unspecified atom stereocenters. The molecule has 54 heavy (non-hydrogen) atoms. The predicted molar refractivity (Wildman–Crippen MR) is 205 cm³/mol. The molecule has 1 amide bonds. The minimum Gasteiger partial charge on any atom is -0.481 e. The second-order valence-corrected chi connectivity index (χ2v) is 15.3. The molecule has 0 bridgehead atoms. The monoisotopic (exact) mass is 740 g/mol. The first-order chi connectivity index (χ1) is 26.3. The average Bonchev–Trinajstić information content (AvgIpc) is 3.87. The molecular formula is C41H40N8O4S. The van der Waals surface area contributed by atoms with Gasteiger partial charge in [0.2, 0.25) is 11.8 Å². The molecule has 2 aliphatic heterocycles.